The molecule has 24 heavy (non-hydrogen) atoms. The van der Waals surface area contributed by atoms with E-state index in [-0.39, 0.29) is 5.92 Å². The van der Waals surface area contributed by atoms with Crippen molar-refractivity contribution >= 4 is 34.0 Å². The zero-order valence-corrected chi connectivity index (χ0v) is 13.8. The normalized spacial score (nSPS) is 13.9. The van der Waals surface area contributed by atoms with Gasteiger partial charge in [-0.3, -0.25) is 0 Å². The van der Waals surface area contributed by atoms with Gasteiger partial charge in [0, 0.05) is 28.0 Å². The van der Waals surface area contributed by atoms with Gasteiger partial charge in [-0.15, -0.1) is 11.3 Å². The topological polar surface area (TPSA) is 29.9 Å². The van der Waals surface area contributed by atoms with Gasteiger partial charge in [0.1, 0.15) is 0 Å². The van der Waals surface area contributed by atoms with Gasteiger partial charge in [0.25, 0.3) is 6.21 Å². The molecule has 1 N–H and O–H groups in total. The lowest BCUT2D eigenvalue weighted by molar-refractivity contribution is 1.11. The zero-order valence-electron chi connectivity index (χ0n) is 12.9. The number of aromatic amines is 1. The van der Waals surface area contributed by atoms with Gasteiger partial charge in [-0.1, -0.05) is 41.1 Å². The molecule has 0 saturated heterocycles. The second kappa shape index (κ2) is 5.34. The summed E-state index contributed by atoms with van der Waals surface area (Å²) in [6, 6.07) is 21.2. The van der Waals surface area contributed by atoms with E-state index in [0.717, 1.165) is 5.36 Å². The summed E-state index contributed by atoms with van der Waals surface area (Å²) < 4.78 is 4.63. The van der Waals surface area contributed by atoms with Gasteiger partial charge in [-0.25, -0.2) is 0 Å². The lowest BCUT2D eigenvalue weighted by Gasteiger charge is -2.13. The zero-order chi connectivity index (χ0) is 15.9. The number of nitrogens with one attached hydrogen (secondary N) is 1. The Morgan fingerprint density at radius 2 is 1.79 bits per heavy atom. The highest BCUT2D eigenvalue weighted by Gasteiger charge is 2.28. The highest BCUT2D eigenvalue weighted by atomic mass is 32.1. The van der Waals surface area contributed by atoms with E-state index in [4.69, 9.17) is 0 Å². The second-order valence-corrected chi connectivity index (χ2v) is 6.95. The van der Waals surface area contributed by atoms with Crippen molar-refractivity contribution in [3.05, 3.63) is 93.3 Å². The summed E-state index contributed by atoms with van der Waals surface area (Å²) >= 11 is 1.80. The Hall–Kier alpha value is -2.87. The highest BCUT2D eigenvalue weighted by Crippen LogP contribution is 2.37. The summed E-state index contributed by atoms with van der Waals surface area (Å²) in [5.41, 5.74) is 3.77. The Balaban J connectivity index is 1.82. The Morgan fingerprint density at radius 1 is 0.917 bits per heavy atom. The number of rotatable bonds is 3. The third-order valence-electron chi connectivity index (χ3n) is 4.63. The van der Waals surface area contributed by atoms with E-state index in [1.165, 1.54) is 32.1 Å². The van der Waals surface area contributed by atoms with Crippen LogP contribution in [0.3, 0.4) is 0 Å². The molecule has 3 heterocycles. The first kappa shape index (κ1) is 13.6. The number of hydrogen-bond donors (Lipinski definition) is 1. The van der Waals surface area contributed by atoms with Crippen LogP contribution < -0.4 is 15.2 Å². The molecule has 0 radical (unpaired) electrons. The SMILES string of the molecule is C1=[N+]=c2ccccc2=C1C(c1cccs1)c1c[nH]c2ccccc12. The molecule has 1 unspecified atom stereocenters. The predicted octanol–water partition coefficient (Wildman–Crippen LogP) is 2.98. The van der Waals surface area contributed by atoms with Crippen molar-refractivity contribution in [2.45, 2.75) is 5.92 Å². The maximum Gasteiger partial charge on any atom is 0.334 e. The lowest BCUT2D eigenvalue weighted by atomic mass is 9.89. The number of thiophene rings is 1. The fourth-order valence-electron chi connectivity index (χ4n) is 3.53. The van der Waals surface area contributed by atoms with Crippen LogP contribution >= 0.6 is 11.3 Å². The van der Waals surface area contributed by atoms with Gasteiger partial charge in [0.05, 0.1) is 16.7 Å². The van der Waals surface area contributed by atoms with Crippen LogP contribution in [0.2, 0.25) is 0 Å². The molecule has 3 heteroatoms. The molecule has 2 nitrogen and oxygen atoms in total. The average Bonchev–Trinajstić information content (AvgIpc) is 3.36. The maximum atomic E-state index is 4.63. The summed E-state index contributed by atoms with van der Waals surface area (Å²) in [4.78, 5) is 4.77. The Labute approximate surface area is 143 Å². The number of hydrogen-bond acceptors (Lipinski definition) is 1. The molecule has 0 amide bonds. The van der Waals surface area contributed by atoms with Crippen molar-refractivity contribution < 1.29 is 0 Å². The van der Waals surface area contributed by atoms with Crippen molar-refractivity contribution in [3.8, 4) is 0 Å². The number of para-hydroxylation sites is 2. The van der Waals surface area contributed by atoms with Crippen molar-refractivity contribution in [2.24, 2.45) is 0 Å². The summed E-state index contributed by atoms with van der Waals surface area (Å²) in [5, 5.41) is 5.73. The fraction of sp³-hybridized carbons (Fsp3) is 0.0476. The first-order valence-electron chi connectivity index (χ1n) is 8.01. The molecule has 4 aromatic rings. The first-order chi connectivity index (χ1) is 11.9. The van der Waals surface area contributed by atoms with Crippen LogP contribution in [0, 0.1) is 0 Å². The van der Waals surface area contributed by atoms with Gasteiger partial charge < -0.3 is 4.98 Å². The number of aromatic nitrogens is 1. The number of nitrogens with zero attached hydrogens (tertiary/aromatic N) is 1. The minimum absolute atomic E-state index is 0.202. The minimum atomic E-state index is 0.202. The van der Waals surface area contributed by atoms with E-state index < -0.39 is 0 Å². The van der Waals surface area contributed by atoms with E-state index in [1.807, 2.05) is 12.3 Å². The molecule has 0 bridgehead atoms. The number of benzene rings is 2. The van der Waals surface area contributed by atoms with Crippen LogP contribution in [0.1, 0.15) is 16.4 Å². The summed E-state index contributed by atoms with van der Waals surface area (Å²) in [6.07, 6.45) is 4.19. The molecule has 0 aliphatic carbocycles. The largest absolute Gasteiger partial charge is 0.361 e. The van der Waals surface area contributed by atoms with E-state index in [1.54, 1.807) is 11.3 Å². The standard InChI is InChI=1S/C21H15N2S/c1-3-8-18-14(6-1)16(12-22-18)21(20-10-5-11-24-20)17-13-23-19-9-4-2-7-15(17)19/h1-13,21-22H/q+1. The van der Waals surface area contributed by atoms with Crippen LogP contribution in [0.15, 0.2) is 72.2 Å². The van der Waals surface area contributed by atoms with Gasteiger partial charge >= 0.3 is 5.36 Å². The molecular weight excluding hydrogens is 312 g/mol. The Bertz CT molecular complexity index is 1190. The summed E-state index contributed by atoms with van der Waals surface area (Å²) in [6.45, 7) is 0. The van der Waals surface area contributed by atoms with Gasteiger partial charge in [0.2, 0.25) is 0 Å². The lowest BCUT2D eigenvalue weighted by Crippen LogP contribution is -2.26. The van der Waals surface area contributed by atoms with E-state index in [0.29, 0.717) is 0 Å². The molecule has 0 spiro atoms. The smallest absolute Gasteiger partial charge is 0.334 e. The number of fused-ring (bicyclic) bond motifs is 2. The fourth-order valence-corrected chi connectivity index (χ4v) is 4.39. The average molecular weight is 327 g/mol. The minimum Gasteiger partial charge on any atom is -0.361 e. The van der Waals surface area contributed by atoms with Crippen molar-refractivity contribution in [2.75, 3.05) is 0 Å². The van der Waals surface area contributed by atoms with Gasteiger partial charge in [0.15, 0.2) is 0 Å². The van der Waals surface area contributed by atoms with Crippen LogP contribution in [-0.2, 0) is 0 Å². The van der Waals surface area contributed by atoms with Crippen molar-refractivity contribution in [1.29, 1.82) is 0 Å². The Kier molecular flexibility index (Phi) is 3.02. The molecule has 1 aliphatic heterocycles. The molecule has 114 valence electrons. The number of H-pyrrole nitrogens is 1. The van der Waals surface area contributed by atoms with Crippen LogP contribution in [0.25, 0.3) is 16.5 Å². The predicted molar refractivity (Wildman–Crippen MR) is 101 cm³/mol. The van der Waals surface area contributed by atoms with E-state index in [2.05, 4.69) is 75.8 Å². The highest BCUT2D eigenvalue weighted by molar-refractivity contribution is 7.10. The molecule has 0 saturated carbocycles. The first-order valence-corrected chi connectivity index (χ1v) is 8.89. The molecule has 5 rings (SSSR count). The molecule has 1 aliphatic rings. The molecule has 0 fully saturated rings. The van der Waals surface area contributed by atoms with Crippen molar-refractivity contribution in [1.82, 2.24) is 9.65 Å². The summed E-state index contributed by atoms with van der Waals surface area (Å²) in [5.74, 6) is 0.202. The third-order valence-corrected chi connectivity index (χ3v) is 5.57. The van der Waals surface area contributed by atoms with Crippen LogP contribution in [-0.4, -0.2) is 11.2 Å². The molecule has 2 aromatic heterocycles. The van der Waals surface area contributed by atoms with E-state index >= 15 is 0 Å². The van der Waals surface area contributed by atoms with Crippen LogP contribution in [0.5, 0.6) is 0 Å². The quantitative estimate of drug-likeness (QED) is 0.561. The van der Waals surface area contributed by atoms with Crippen molar-refractivity contribution in [3.63, 3.8) is 0 Å². The third kappa shape index (κ3) is 2.00. The van der Waals surface area contributed by atoms with Crippen LogP contribution in [0.4, 0.5) is 0 Å². The maximum absolute atomic E-state index is 4.63. The molecular formula is C21H15N2S+. The molecule has 1 atom stereocenters. The second-order valence-electron chi connectivity index (χ2n) is 5.97. The van der Waals surface area contributed by atoms with Gasteiger partial charge in [-0.05, 0) is 29.1 Å². The summed E-state index contributed by atoms with van der Waals surface area (Å²) in [7, 11) is 0. The Morgan fingerprint density at radius 3 is 2.71 bits per heavy atom. The van der Waals surface area contributed by atoms with Gasteiger partial charge in [-0.2, -0.15) is 0 Å². The molecule has 2 aromatic carbocycles. The van der Waals surface area contributed by atoms with E-state index in [9.17, 15) is 0 Å². The monoisotopic (exact) mass is 327 g/mol.